The van der Waals surface area contributed by atoms with Crippen LogP contribution in [0.4, 0.5) is 18.9 Å². The molecule has 0 aliphatic rings. The fourth-order valence-corrected chi connectivity index (χ4v) is 2.22. The van der Waals surface area contributed by atoms with E-state index in [-0.39, 0.29) is 35.0 Å². The number of nitro groups is 1. The van der Waals surface area contributed by atoms with E-state index in [9.17, 15) is 28.4 Å². The summed E-state index contributed by atoms with van der Waals surface area (Å²) in [5.41, 5.74) is 6.17. The first-order chi connectivity index (χ1) is 11.1. The van der Waals surface area contributed by atoms with Gasteiger partial charge < -0.3 is 15.6 Å². The number of phenolic OH excluding ortho intramolecular Hbond substituents is 1. The summed E-state index contributed by atoms with van der Waals surface area (Å²) < 4.78 is 40.2. The number of nitrogens with two attached hydrogens (primary N) is 1. The fraction of sp³-hybridized carbons (Fsp3) is 0.200. The van der Waals surface area contributed by atoms with Gasteiger partial charge in [-0.05, 0) is 36.2 Å². The number of nitrogens with zero attached hydrogens (tertiary/aromatic N) is 1. The van der Waals surface area contributed by atoms with Gasteiger partial charge in [0.2, 0.25) is 0 Å². The number of phenols is 1. The third-order valence-corrected chi connectivity index (χ3v) is 3.38. The van der Waals surface area contributed by atoms with Crippen LogP contribution in [0.5, 0.6) is 11.5 Å². The van der Waals surface area contributed by atoms with E-state index < -0.39 is 23.1 Å². The molecule has 0 amide bonds. The normalized spacial score (nSPS) is 12.2. The van der Waals surface area contributed by atoms with Gasteiger partial charge in [-0.25, -0.2) is 0 Å². The van der Waals surface area contributed by atoms with Crippen LogP contribution in [0, 0.1) is 17.0 Å². The molecule has 0 saturated carbocycles. The van der Waals surface area contributed by atoms with Crippen molar-refractivity contribution in [3.63, 3.8) is 0 Å². The molecule has 25 heavy (non-hydrogen) atoms. The second kappa shape index (κ2) is 7.58. The van der Waals surface area contributed by atoms with E-state index in [4.69, 9.17) is 5.73 Å². The van der Waals surface area contributed by atoms with Crippen LogP contribution < -0.4 is 10.5 Å². The maximum Gasteiger partial charge on any atom is 0.573 e. The molecule has 10 heteroatoms. The number of alkyl halides is 3. The SMILES string of the molecule is Cc1ccc([N+](=O)[O-])c([C@@H](N)c2ccc(OC(F)(F)F)cc2)c1O.Cl. The van der Waals surface area contributed by atoms with Crippen molar-refractivity contribution >= 4 is 18.1 Å². The lowest BCUT2D eigenvalue weighted by molar-refractivity contribution is -0.385. The predicted molar refractivity (Wildman–Crippen MR) is 85.9 cm³/mol. The van der Waals surface area contributed by atoms with Crippen molar-refractivity contribution < 1.29 is 27.9 Å². The summed E-state index contributed by atoms with van der Waals surface area (Å²) in [5, 5.41) is 21.2. The smallest absolute Gasteiger partial charge is 0.507 e. The van der Waals surface area contributed by atoms with Crippen molar-refractivity contribution in [1.29, 1.82) is 0 Å². The molecule has 136 valence electrons. The molecule has 0 radical (unpaired) electrons. The van der Waals surface area contributed by atoms with Crippen molar-refractivity contribution in [3.8, 4) is 11.5 Å². The lowest BCUT2D eigenvalue weighted by atomic mass is 9.95. The monoisotopic (exact) mass is 378 g/mol. The average molecular weight is 379 g/mol. The van der Waals surface area contributed by atoms with Gasteiger partial charge >= 0.3 is 6.36 Å². The summed E-state index contributed by atoms with van der Waals surface area (Å²) in [4.78, 5) is 10.4. The first kappa shape index (κ1) is 20.5. The van der Waals surface area contributed by atoms with Crippen LogP contribution in [0.25, 0.3) is 0 Å². The van der Waals surface area contributed by atoms with E-state index in [1.807, 2.05) is 0 Å². The second-order valence-electron chi connectivity index (χ2n) is 5.02. The second-order valence-corrected chi connectivity index (χ2v) is 5.02. The molecule has 6 nitrogen and oxygen atoms in total. The highest BCUT2D eigenvalue weighted by Gasteiger charge is 2.31. The fourth-order valence-electron chi connectivity index (χ4n) is 2.22. The summed E-state index contributed by atoms with van der Waals surface area (Å²) in [6.07, 6.45) is -4.82. The standard InChI is InChI=1S/C15H13F3N2O4.ClH/c1-8-2-7-11(20(22)23)12(14(8)21)13(19)9-3-5-10(6-4-9)24-15(16,17)18;/h2-7,13,21H,19H2,1H3;1H/t13-;/m0./s1. The van der Waals surface area contributed by atoms with Gasteiger partial charge in [-0.15, -0.1) is 25.6 Å². The lowest BCUT2D eigenvalue weighted by Crippen LogP contribution is -2.17. The molecular weight excluding hydrogens is 365 g/mol. The highest BCUT2D eigenvalue weighted by atomic mass is 35.5. The Morgan fingerprint density at radius 2 is 1.76 bits per heavy atom. The number of benzene rings is 2. The van der Waals surface area contributed by atoms with Gasteiger partial charge in [0.15, 0.2) is 0 Å². The van der Waals surface area contributed by atoms with E-state index in [0.717, 1.165) is 12.1 Å². The zero-order valence-electron chi connectivity index (χ0n) is 12.8. The summed E-state index contributed by atoms with van der Waals surface area (Å²) in [5.74, 6) is -0.770. The molecule has 0 heterocycles. The molecule has 0 aliphatic carbocycles. The number of halogens is 4. The van der Waals surface area contributed by atoms with Crippen LogP contribution in [0.2, 0.25) is 0 Å². The number of rotatable bonds is 4. The van der Waals surface area contributed by atoms with Crippen molar-refractivity contribution in [2.24, 2.45) is 5.73 Å². The quantitative estimate of drug-likeness (QED) is 0.619. The Morgan fingerprint density at radius 3 is 2.24 bits per heavy atom. The van der Waals surface area contributed by atoms with Crippen molar-refractivity contribution in [2.75, 3.05) is 0 Å². The van der Waals surface area contributed by atoms with E-state index in [2.05, 4.69) is 4.74 Å². The number of aromatic hydroxyl groups is 1. The molecule has 0 aromatic heterocycles. The molecular formula is C15H14ClF3N2O4. The van der Waals surface area contributed by atoms with Gasteiger partial charge in [0.25, 0.3) is 5.69 Å². The highest BCUT2D eigenvalue weighted by Crippen LogP contribution is 2.38. The molecule has 2 aromatic rings. The van der Waals surface area contributed by atoms with Crippen LogP contribution in [-0.2, 0) is 0 Å². The number of hydrogen-bond acceptors (Lipinski definition) is 5. The summed E-state index contributed by atoms with van der Waals surface area (Å²) >= 11 is 0. The molecule has 2 rings (SSSR count). The number of ether oxygens (including phenoxy) is 1. The van der Waals surface area contributed by atoms with Crippen molar-refractivity contribution in [1.82, 2.24) is 0 Å². The predicted octanol–water partition coefficient (Wildman–Crippen LogP) is 3.98. The van der Waals surface area contributed by atoms with E-state index in [0.29, 0.717) is 5.56 Å². The summed E-state index contributed by atoms with van der Waals surface area (Å²) in [7, 11) is 0. The molecule has 2 aromatic carbocycles. The van der Waals surface area contributed by atoms with Gasteiger partial charge in [0.05, 0.1) is 16.5 Å². The molecule has 0 saturated heterocycles. The number of hydrogen-bond donors (Lipinski definition) is 2. The van der Waals surface area contributed by atoms with Crippen molar-refractivity contribution in [3.05, 3.63) is 63.2 Å². The Morgan fingerprint density at radius 1 is 1.20 bits per heavy atom. The minimum Gasteiger partial charge on any atom is -0.507 e. The lowest BCUT2D eigenvalue weighted by Gasteiger charge is -2.16. The Hall–Kier alpha value is -2.52. The molecule has 1 atom stereocenters. The summed E-state index contributed by atoms with van der Waals surface area (Å²) in [6, 6.07) is 6.08. The Bertz CT molecular complexity index is 767. The number of aryl methyl sites for hydroxylation is 1. The van der Waals surface area contributed by atoms with Crippen LogP contribution in [0.3, 0.4) is 0 Å². The largest absolute Gasteiger partial charge is 0.573 e. The Kier molecular flexibility index (Phi) is 6.22. The topological polar surface area (TPSA) is 98.6 Å². The highest BCUT2D eigenvalue weighted by molar-refractivity contribution is 5.85. The van der Waals surface area contributed by atoms with Gasteiger partial charge in [-0.1, -0.05) is 12.1 Å². The molecule has 0 fully saturated rings. The molecule has 0 unspecified atom stereocenters. The van der Waals surface area contributed by atoms with Crippen LogP contribution in [0.15, 0.2) is 36.4 Å². The molecule has 0 spiro atoms. The third-order valence-electron chi connectivity index (χ3n) is 3.38. The maximum absolute atomic E-state index is 12.1. The van der Waals surface area contributed by atoms with Gasteiger partial charge in [-0.2, -0.15) is 0 Å². The van der Waals surface area contributed by atoms with Gasteiger partial charge in [0.1, 0.15) is 11.5 Å². The van der Waals surface area contributed by atoms with E-state index >= 15 is 0 Å². The Balaban J connectivity index is 0.00000312. The third kappa shape index (κ3) is 4.74. The van der Waals surface area contributed by atoms with E-state index in [1.165, 1.54) is 24.3 Å². The maximum atomic E-state index is 12.1. The van der Waals surface area contributed by atoms with Crippen molar-refractivity contribution in [2.45, 2.75) is 19.3 Å². The molecule has 3 N–H and O–H groups in total. The van der Waals surface area contributed by atoms with Gasteiger partial charge in [0, 0.05) is 6.07 Å². The van der Waals surface area contributed by atoms with Crippen LogP contribution >= 0.6 is 12.4 Å². The zero-order valence-corrected chi connectivity index (χ0v) is 13.6. The molecule has 0 aliphatic heterocycles. The first-order valence-electron chi connectivity index (χ1n) is 6.68. The average Bonchev–Trinajstić information content (AvgIpc) is 2.48. The zero-order chi connectivity index (χ0) is 18.1. The van der Waals surface area contributed by atoms with Crippen LogP contribution in [0.1, 0.15) is 22.7 Å². The molecule has 0 bridgehead atoms. The van der Waals surface area contributed by atoms with Gasteiger partial charge in [-0.3, -0.25) is 10.1 Å². The first-order valence-corrected chi connectivity index (χ1v) is 6.68. The minimum absolute atomic E-state index is 0. The van der Waals surface area contributed by atoms with E-state index in [1.54, 1.807) is 6.92 Å². The van der Waals surface area contributed by atoms with Crippen LogP contribution in [-0.4, -0.2) is 16.4 Å². The Labute approximate surface area is 146 Å². The summed E-state index contributed by atoms with van der Waals surface area (Å²) in [6.45, 7) is 1.55. The minimum atomic E-state index is -4.82. The number of nitro benzene ring substituents is 1.